The Hall–Kier alpha value is -2.50. The van der Waals surface area contributed by atoms with Crippen molar-refractivity contribution < 1.29 is 9.47 Å². The van der Waals surface area contributed by atoms with Gasteiger partial charge < -0.3 is 9.47 Å². The minimum atomic E-state index is -0.377. The molecule has 5 rings (SSSR count). The van der Waals surface area contributed by atoms with Crippen LogP contribution in [0.4, 0.5) is 0 Å². The number of rotatable bonds is 3. The van der Waals surface area contributed by atoms with Gasteiger partial charge in [0.1, 0.15) is 11.5 Å². The van der Waals surface area contributed by atoms with Crippen molar-refractivity contribution in [2.24, 2.45) is 5.10 Å². The Bertz CT molecular complexity index is 1100. The molecule has 0 fully saturated rings. The maximum Gasteiger partial charge on any atom is 0.217 e. The number of ether oxygens (including phenoxy) is 2. The minimum absolute atomic E-state index is 0.0472. The summed E-state index contributed by atoms with van der Waals surface area (Å²) in [4.78, 5) is 0. The van der Waals surface area contributed by atoms with Gasteiger partial charge in [-0.2, -0.15) is 5.10 Å². The van der Waals surface area contributed by atoms with E-state index < -0.39 is 0 Å². The Labute approximate surface area is 182 Å². The number of fused-ring (bicyclic) bond motifs is 3. The summed E-state index contributed by atoms with van der Waals surface area (Å²) in [5, 5.41) is 7.71. The van der Waals surface area contributed by atoms with Crippen LogP contribution in [-0.2, 0) is 0 Å². The largest absolute Gasteiger partial charge is 0.496 e. The van der Waals surface area contributed by atoms with Gasteiger partial charge >= 0.3 is 0 Å². The van der Waals surface area contributed by atoms with Gasteiger partial charge in [0, 0.05) is 21.5 Å². The van der Waals surface area contributed by atoms with Gasteiger partial charge in [0.2, 0.25) is 6.23 Å². The van der Waals surface area contributed by atoms with E-state index in [0.717, 1.165) is 44.8 Å². The van der Waals surface area contributed by atoms with Crippen LogP contribution in [0, 0.1) is 0 Å². The zero-order chi connectivity index (χ0) is 20.0. The monoisotopic (exact) mass is 468 g/mol. The quantitative estimate of drug-likeness (QED) is 0.448. The highest BCUT2D eigenvalue weighted by atomic mass is 79.9. The molecule has 2 unspecified atom stereocenters. The molecule has 0 saturated carbocycles. The van der Waals surface area contributed by atoms with Gasteiger partial charge in [-0.25, -0.2) is 5.01 Å². The predicted octanol–water partition coefficient (Wildman–Crippen LogP) is 6.35. The van der Waals surface area contributed by atoms with Gasteiger partial charge in [0.05, 0.1) is 24.4 Å². The van der Waals surface area contributed by atoms with E-state index in [0.29, 0.717) is 5.02 Å². The second-order valence-corrected chi connectivity index (χ2v) is 8.40. The Morgan fingerprint density at radius 1 is 1.07 bits per heavy atom. The van der Waals surface area contributed by atoms with E-state index in [2.05, 4.69) is 28.1 Å². The van der Waals surface area contributed by atoms with Crippen molar-refractivity contribution in [1.82, 2.24) is 5.01 Å². The van der Waals surface area contributed by atoms with Gasteiger partial charge in [-0.05, 0) is 48.0 Å². The van der Waals surface area contributed by atoms with Gasteiger partial charge in [-0.1, -0.05) is 51.8 Å². The van der Waals surface area contributed by atoms with Crippen LogP contribution in [0.1, 0.15) is 35.4 Å². The third-order valence-electron chi connectivity index (χ3n) is 5.33. The number of para-hydroxylation sites is 1. The lowest BCUT2D eigenvalue weighted by Gasteiger charge is -2.38. The highest BCUT2D eigenvalue weighted by molar-refractivity contribution is 9.10. The summed E-state index contributed by atoms with van der Waals surface area (Å²) < 4.78 is 13.0. The zero-order valence-electron chi connectivity index (χ0n) is 15.7. The Morgan fingerprint density at radius 3 is 2.66 bits per heavy atom. The maximum atomic E-state index is 6.41. The molecule has 2 aliphatic heterocycles. The second kappa shape index (κ2) is 7.39. The maximum absolute atomic E-state index is 6.41. The van der Waals surface area contributed by atoms with Crippen molar-refractivity contribution in [3.05, 3.63) is 92.9 Å². The lowest BCUT2D eigenvalue weighted by Crippen LogP contribution is -2.33. The van der Waals surface area contributed by atoms with Crippen molar-refractivity contribution in [2.45, 2.75) is 18.7 Å². The van der Waals surface area contributed by atoms with Crippen LogP contribution in [0.5, 0.6) is 11.5 Å². The van der Waals surface area contributed by atoms with Crippen molar-refractivity contribution in [3.8, 4) is 11.5 Å². The molecule has 0 amide bonds. The second-order valence-electron chi connectivity index (χ2n) is 7.05. The molecule has 0 saturated heterocycles. The molecule has 0 aromatic heterocycles. The van der Waals surface area contributed by atoms with E-state index in [1.807, 2.05) is 59.6 Å². The van der Waals surface area contributed by atoms with Gasteiger partial charge in [-0.15, -0.1) is 0 Å². The molecule has 0 bridgehead atoms. The fourth-order valence-corrected chi connectivity index (χ4v) is 4.40. The third-order valence-corrected chi connectivity index (χ3v) is 6.10. The highest BCUT2D eigenvalue weighted by Gasteiger charge is 2.42. The minimum Gasteiger partial charge on any atom is -0.496 e. The van der Waals surface area contributed by atoms with Crippen LogP contribution in [0.25, 0.3) is 0 Å². The molecule has 146 valence electrons. The molecule has 0 aliphatic carbocycles. The average Bonchev–Trinajstić information content (AvgIpc) is 3.19. The van der Waals surface area contributed by atoms with E-state index in [1.165, 1.54) is 0 Å². The van der Waals surface area contributed by atoms with Crippen molar-refractivity contribution >= 4 is 33.2 Å². The van der Waals surface area contributed by atoms with E-state index >= 15 is 0 Å². The van der Waals surface area contributed by atoms with E-state index in [9.17, 15) is 0 Å². The van der Waals surface area contributed by atoms with Crippen LogP contribution in [0.2, 0.25) is 5.02 Å². The number of halogens is 2. The van der Waals surface area contributed by atoms with Crippen LogP contribution in [-0.4, -0.2) is 17.8 Å². The number of methoxy groups -OCH3 is 1. The highest BCUT2D eigenvalue weighted by Crippen LogP contribution is 2.49. The average molecular weight is 470 g/mol. The molecule has 0 N–H and O–H groups in total. The molecule has 3 aromatic carbocycles. The summed E-state index contributed by atoms with van der Waals surface area (Å²) in [6.07, 6.45) is 0.405. The number of hydrogen-bond acceptors (Lipinski definition) is 4. The summed E-state index contributed by atoms with van der Waals surface area (Å²) >= 11 is 9.80. The van der Waals surface area contributed by atoms with Crippen molar-refractivity contribution in [3.63, 3.8) is 0 Å². The standard InChI is InChI=1S/C23H18BrClN2O2/c1-28-21-5-3-2-4-17(21)23-27-20(18-12-16(25)10-11-22(18)29-23)13-19(26-27)14-6-8-15(24)9-7-14/h2-12,20,23H,13H2,1H3. The molecule has 2 aliphatic rings. The van der Waals surface area contributed by atoms with Crippen LogP contribution >= 0.6 is 27.5 Å². The molecule has 0 spiro atoms. The first kappa shape index (κ1) is 18.5. The first-order valence-corrected chi connectivity index (χ1v) is 10.5. The van der Waals surface area contributed by atoms with E-state index in [4.69, 9.17) is 26.2 Å². The molecule has 0 radical (unpaired) electrons. The smallest absolute Gasteiger partial charge is 0.217 e. The third kappa shape index (κ3) is 3.28. The zero-order valence-corrected chi connectivity index (χ0v) is 18.0. The molecule has 4 nitrogen and oxygen atoms in total. The van der Waals surface area contributed by atoms with E-state index in [-0.39, 0.29) is 12.3 Å². The normalized spacial score (nSPS) is 19.8. The SMILES string of the molecule is COc1ccccc1C1Oc2ccc(Cl)cc2C2CC(c3ccc(Br)cc3)=NN21. The topological polar surface area (TPSA) is 34.1 Å². The molecule has 2 atom stereocenters. The fourth-order valence-electron chi connectivity index (χ4n) is 3.95. The Morgan fingerprint density at radius 2 is 1.86 bits per heavy atom. The first-order valence-electron chi connectivity index (χ1n) is 9.35. The number of nitrogens with zero attached hydrogens (tertiary/aromatic N) is 2. The molecule has 29 heavy (non-hydrogen) atoms. The lowest BCUT2D eigenvalue weighted by atomic mass is 9.96. The van der Waals surface area contributed by atoms with Crippen LogP contribution in [0.15, 0.2) is 76.3 Å². The number of hydrazone groups is 1. The summed E-state index contributed by atoms with van der Waals surface area (Å²) in [6, 6.07) is 22.0. The number of benzene rings is 3. The molecular weight excluding hydrogens is 452 g/mol. The molecule has 6 heteroatoms. The van der Waals surface area contributed by atoms with Gasteiger partial charge in [0.15, 0.2) is 0 Å². The summed E-state index contributed by atoms with van der Waals surface area (Å²) in [7, 11) is 1.67. The number of hydrogen-bond donors (Lipinski definition) is 0. The van der Waals surface area contributed by atoms with Crippen LogP contribution in [0.3, 0.4) is 0 Å². The van der Waals surface area contributed by atoms with Crippen LogP contribution < -0.4 is 9.47 Å². The molecule has 2 heterocycles. The molecular formula is C23H18BrClN2O2. The van der Waals surface area contributed by atoms with Gasteiger partial charge in [-0.3, -0.25) is 0 Å². The van der Waals surface area contributed by atoms with Gasteiger partial charge in [0.25, 0.3) is 0 Å². The lowest BCUT2D eigenvalue weighted by molar-refractivity contribution is -0.0203. The Kier molecular flexibility index (Phi) is 4.72. The fraction of sp³-hybridized carbons (Fsp3) is 0.174. The Balaban J connectivity index is 1.62. The summed E-state index contributed by atoms with van der Waals surface area (Å²) in [5.41, 5.74) is 4.13. The summed E-state index contributed by atoms with van der Waals surface area (Å²) in [5.74, 6) is 1.61. The first-order chi connectivity index (χ1) is 14.1. The molecule has 3 aromatic rings. The summed E-state index contributed by atoms with van der Waals surface area (Å²) in [6.45, 7) is 0. The van der Waals surface area contributed by atoms with Crippen molar-refractivity contribution in [1.29, 1.82) is 0 Å². The van der Waals surface area contributed by atoms with E-state index in [1.54, 1.807) is 7.11 Å². The van der Waals surface area contributed by atoms with Crippen molar-refractivity contribution in [2.75, 3.05) is 7.11 Å². The predicted molar refractivity (Wildman–Crippen MR) is 118 cm³/mol.